The molecule has 0 saturated heterocycles. The van der Waals surface area contributed by atoms with Gasteiger partial charge in [-0.05, 0) is 0 Å². The molecule has 3 heteroatoms. The van der Waals surface area contributed by atoms with E-state index in [1.165, 1.54) is 0 Å². The van der Waals surface area contributed by atoms with Crippen LogP contribution in [0.4, 0.5) is 0 Å². The number of nitrogens with zero attached hydrogens (tertiary/aromatic N) is 1. The summed E-state index contributed by atoms with van der Waals surface area (Å²) in [7, 11) is 0. The number of halogens is 1. The zero-order valence-electron chi connectivity index (χ0n) is 7.22. The minimum Gasteiger partial charge on any atom is -0.475 e. The number of hydrogen-bond donors (Lipinski definition) is 0. The van der Waals surface area contributed by atoms with Crippen molar-refractivity contribution in [1.29, 1.82) is 0 Å². The second-order valence-electron chi connectivity index (χ2n) is 3.79. The second-order valence-corrected chi connectivity index (χ2v) is 4.67. The van der Waals surface area contributed by atoms with Crippen molar-refractivity contribution in [2.24, 2.45) is 10.4 Å². The van der Waals surface area contributed by atoms with Gasteiger partial charge in [0, 0.05) is 9.84 Å². The first-order chi connectivity index (χ1) is 5.04. The summed E-state index contributed by atoms with van der Waals surface area (Å²) in [5.74, 6) is 0.916. The number of ether oxygens (including phenoxy) is 1. The highest BCUT2D eigenvalue weighted by atomic mass is 127. The molecule has 11 heavy (non-hydrogen) atoms. The first kappa shape index (κ1) is 9.29. The average Bonchev–Trinajstić information content (AvgIpc) is 2.32. The maximum Gasteiger partial charge on any atom is 0.189 e. The van der Waals surface area contributed by atoms with Crippen LogP contribution in [0.3, 0.4) is 0 Å². The Kier molecular flexibility index (Phi) is 2.78. The maximum atomic E-state index is 5.62. The third-order valence-electron chi connectivity index (χ3n) is 1.53. The molecule has 0 aromatic heterocycles. The molecule has 0 aromatic carbocycles. The van der Waals surface area contributed by atoms with Crippen LogP contribution in [-0.2, 0) is 4.74 Å². The normalized spacial score (nSPS) is 24.7. The smallest absolute Gasteiger partial charge is 0.189 e. The average molecular weight is 267 g/mol. The lowest BCUT2D eigenvalue weighted by Gasteiger charge is -2.19. The second kappa shape index (κ2) is 3.29. The lowest BCUT2D eigenvalue weighted by atomic mass is 9.97. The summed E-state index contributed by atoms with van der Waals surface area (Å²) in [4.78, 5) is 4.35. The van der Waals surface area contributed by atoms with Crippen LogP contribution in [0.2, 0.25) is 0 Å². The molecule has 0 N–H and O–H groups in total. The molecule has 0 aromatic rings. The van der Waals surface area contributed by atoms with E-state index in [0.29, 0.717) is 6.10 Å². The predicted molar refractivity (Wildman–Crippen MR) is 55.5 cm³/mol. The molecule has 1 heterocycles. The molecule has 1 rings (SSSR count). The fourth-order valence-electron chi connectivity index (χ4n) is 0.911. The van der Waals surface area contributed by atoms with E-state index >= 15 is 0 Å². The molecule has 0 spiro atoms. The Balaban J connectivity index is 2.53. The van der Waals surface area contributed by atoms with Crippen LogP contribution >= 0.6 is 22.6 Å². The summed E-state index contributed by atoms with van der Waals surface area (Å²) in [6.07, 6.45) is 0.324. The minimum absolute atomic E-state index is 0.0839. The van der Waals surface area contributed by atoms with E-state index in [1.54, 1.807) is 0 Å². The van der Waals surface area contributed by atoms with E-state index in [9.17, 15) is 0 Å². The zero-order valence-corrected chi connectivity index (χ0v) is 9.38. The van der Waals surface area contributed by atoms with Crippen LogP contribution in [0.5, 0.6) is 0 Å². The SMILES string of the molecule is CC(C)(C)C1=NC[C@H](CI)O1. The lowest BCUT2D eigenvalue weighted by molar-refractivity contribution is 0.225. The van der Waals surface area contributed by atoms with Gasteiger partial charge in [0.2, 0.25) is 0 Å². The maximum absolute atomic E-state index is 5.62. The van der Waals surface area contributed by atoms with Gasteiger partial charge in [-0.2, -0.15) is 0 Å². The van der Waals surface area contributed by atoms with Gasteiger partial charge in [0.15, 0.2) is 5.90 Å². The van der Waals surface area contributed by atoms with E-state index in [-0.39, 0.29) is 5.41 Å². The Hall–Kier alpha value is 0.200. The van der Waals surface area contributed by atoms with E-state index in [0.717, 1.165) is 16.9 Å². The molecule has 1 aliphatic rings. The molecule has 0 amide bonds. The van der Waals surface area contributed by atoms with Crippen molar-refractivity contribution in [3.05, 3.63) is 0 Å². The van der Waals surface area contributed by atoms with Crippen LogP contribution in [0.25, 0.3) is 0 Å². The fraction of sp³-hybridized carbons (Fsp3) is 0.875. The molecule has 64 valence electrons. The van der Waals surface area contributed by atoms with Gasteiger partial charge in [0.05, 0.1) is 6.54 Å². The van der Waals surface area contributed by atoms with Crippen molar-refractivity contribution in [2.75, 3.05) is 11.0 Å². The molecule has 1 aliphatic heterocycles. The summed E-state index contributed by atoms with van der Waals surface area (Å²) in [6, 6.07) is 0. The highest BCUT2D eigenvalue weighted by Crippen LogP contribution is 2.22. The van der Waals surface area contributed by atoms with Crippen LogP contribution in [0.1, 0.15) is 20.8 Å². The van der Waals surface area contributed by atoms with E-state index in [1.807, 2.05) is 0 Å². The Labute approximate surface area is 81.6 Å². The van der Waals surface area contributed by atoms with Crippen LogP contribution in [-0.4, -0.2) is 23.0 Å². The number of aliphatic imine (C=N–C) groups is 1. The van der Waals surface area contributed by atoms with Crippen molar-refractivity contribution < 1.29 is 4.74 Å². The van der Waals surface area contributed by atoms with Crippen LogP contribution in [0, 0.1) is 5.41 Å². The van der Waals surface area contributed by atoms with Crippen molar-refractivity contribution in [2.45, 2.75) is 26.9 Å². The molecule has 0 fully saturated rings. The largest absolute Gasteiger partial charge is 0.475 e. The summed E-state index contributed by atoms with van der Waals surface area (Å²) >= 11 is 2.33. The molecule has 0 radical (unpaired) electrons. The quantitative estimate of drug-likeness (QED) is 0.527. The van der Waals surface area contributed by atoms with Crippen molar-refractivity contribution in [3.8, 4) is 0 Å². The Bertz CT molecular complexity index is 171. The Morgan fingerprint density at radius 2 is 2.27 bits per heavy atom. The lowest BCUT2D eigenvalue weighted by Crippen LogP contribution is -2.24. The van der Waals surface area contributed by atoms with Gasteiger partial charge in [0.25, 0.3) is 0 Å². The van der Waals surface area contributed by atoms with E-state index in [2.05, 4.69) is 48.4 Å². The van der Waals surface area contributed by atoms with Crippen molar-refractivity contribution in [1.82, 2.24) is 0 Å². The molecule has 0 unspecified atom stereocenters. The number of hydrogen-bond acceptors (Lipinski definition) is 2. The van der Waals surface area contributed by atoms with E-state index < -0.39 is 0 Å². The van der Waals surface area contributed by atoms with Crippen LogP contribution < -0.4 is 0 Å². The Morgan fingerprint density at radius 1 is 1.64 bits per heavy atom. The van der Waals surface area contributed by atoms with Crippen LogP contribution in [0.15, 0.2) is 4.99 Å². The van der Waals surface area contributed by atoms with Crippen molar-refractivity contribution >= 4 is 28.5 Å². The number of alkyl halides is 1. The molecular formula is C8H14INO. The molecule has 1 atom stereocenters. The zero-order chi connectivity index (χ0) is 8.48. The molecular weight excluding hydrogens is 253 g/mol. The highest BCUT2D eigenvalue weighted by molar-refractivity contribution is 14.1. The van der Waals surface area contributed by atoms with Gasteiger partial charge in [-0.15, -0.1) is 0 Å². The molecule has 0 bridgehead atoms. The third kappa shape index (κ3) is 2.32. The third-order valence-corrected chi connectivity index (χ3v) is 2.51. The standard InChI is InChI=1S/C8H14INO/c1-8(2,3)7-10-5-6(4-9)11-7/h6H,4-5H2,1-3H3/t6-/m0/s1. The van der Waals surface area contributed by atoms with Gasteiger partial charge in [0.1, 0.15) is 6.10 Å². The molecule has 2 nitrogen and oxygen atoms in total. The summed E-state index contributed by atoms with van der Waals surface area (Å²) in [5, 5.41) is 0. The summed E-state index contributed by atoms with van der Waals surface area (Å²) in [5.41, 5.74) is 0.0839. The topological polar surface area (TPSA) is 21.6 Å². The van der Waals surface area contributed by atoms with Gasteiger partial charge < -0.3 is 4.74 Å². The highest BCUT2D eigenvalue weighted by Gasteiger charge is 2.28. The minimum atomic E-state index is 0.0839. The predicted octanol–water partition coefficient (Wildman–Crippen LogP) is 2.26. The van der Waals surface area contributed by atoms with Gasteiger partial charge in [-0.3, -0.25) is 4.99 Å². The monoisotopic (exact) mass is 267 g/mol. The first-order valence-electron chi connectivity index (χ1n) is 3.81. The Morgan fingerprint density at radius 3 is 2.55 bits per heavy atom. The number of rotatable bonds is 1. The van der Waals surface area contributed by atoms with E-state index in [4.69, 9.17) is 4.74 Å². The van der Waals surface area contributed by atoms with Crippen molar-refractivity contribution in [3.63, 3.8) is 0 Å². The first-order valence-corrected chi connectivity index (χ1v) is 5.34. The fourth-order valence-corrected chi connectivity index (χ4v) is 1.37. The molecule has 0 saturated carbocycles. The van der Waals surface area contributed by atoms with Gasteiger partial charge in [-0.25, -0.2) is 0 Å². The summed E-state index contributed by atoms with van der Waals surface area (Å²) in [6.45, 7) is 7.22. The van der Waals surface area contributed by atoms with Gasteiger partial charge in [-0.1, -0.05) is 43.4 Å². The molecule has 0 aliphatic carbocycles. The van der Waals surface area contributed by atoms with Gasteiger partial charge >= 0.3 is 0 Å². The summed E-state index contributed by atoms with van der Waals surface area (Å²) < 4.78 is 6.65.